The lowest BCUT2D eigenvalue weighted by molar-refractivity contribution is 0.0856. The van der Waals surface area contributed by atoms with Crippen LogP contribution in [-0.4, -0.2) is 29.2 Å². The highest BCUT2D eigenvalue weighted by Crippen LogP contribution is 2.34. The molecule has 0 bridgehead atoms. The van der Waals surface area contributed by atoms with Gasteiger partial charge in [0.2, 0.25) is 5.76 Å². The Bertz CT molecular complexity index is 472. The molecule has 1 saturated carbocycles. The van der Waals surface area contributed by atoms with Crippen LogP contribution in [0.5, 0.6) is 0 Å². The van der Waals surface area contributed by atoms with E-state index in [1.165, 1.54) is 32.1 Å². The van der Waals surface area contributed by atoms with Crippen molar-refractivity contribution in [3.63, 3.8) is 0 Å². The van der Waals surface area contributed by atoms with Crippen LogP contribution in [0.15, 0.2) is 10.6 Å². The zero-order valence-electron chi connectivity index (χ0n) is 12.1. The molecule has 1 aromatic rings. The quantitative estimate of drug-likeness (QED) is 0.869. The third kappa shape index (κ3) is 2.87. The second kappa shape index (κ2) is 5.56. The van der Waals surface area contributed by atoms with Crippen LogP contribution in [-0.2, 0) is 0 Å². The van der Waals surface area contributed by atoms with Crippen molar-refractivity contribution in [3.8, 4) is 0 Å². The van der Waals surface area contributed by atoms with Crippen LogP contribution < -0.4 is 10.6 Å². The van der Waals surface area contributed by atoms with E-state index in [1.54, 1.807) is 6.07 Å². The van der Waals surface area contributed by atoms with Gasteiger partial charge in [0.05, 0.1) is 5.69 Å². The highest BCUT2D eigenvalue weighted by atomic mass is 16.5. The first-order chi connectivity index (χ1) is 9.67. The minimum atomic E-state index is -0.136. The number of amides is 1. The van der Waals surface area contributed by atoms with Crippen LogP contribution in [0.2, 0.25) is 0 Å². The fraction of sp³-hybridized carbons (Fsp3) is 0.733. The van der Waals surface area contributed by atoms with Crippen LogP contribution in [0.3, 0.4) is 0 Å². The summed E-state index contributed by atoms with van der Waals surface area (Å²) in [5.74, 6) is 0.183. The maximum atomic E-state index is 12.1. The molecule has 5 nitrogen and oxygen atoms in total. The molecule has 2 fully saturated rings. The smallest absolute Gasteiger partial charge is 0.290 e. The van der Waals surface area contributed by atoms with Gasteiger partial charge in [-0.2, -0.15) is 0 Å². The number of carbonyl (C=O) groups excluding carboxylic acids is 1. The molecule has 1 atom stereocenters. The van der Waals surface area contributed by atoms with Crippen LogP contribution >= 0.6 is 0 Å². The van der Waals surface area contributed by atoms with E-state index in [0.29, 0.717) is 5.76 Å². The third-order valence-electron chi connectivity index (χ3n) is 4.63. The van der Waals surface area contributed by atoms with Gasteiger partial charge >= 0.3 is 0 Å². The lowest BCUT2D eigenvalue weighted by Crippen LogP contribution is -2.57. The van der Waals surface area contributed by atoms with Crippen molar-refractivity contribution >= 4 is 5.91 Å². The minimum absolute atomic E-state index is 0.136. The molecule has 3 rings (SSSR count). The van der Waals surface area contributed by atoms with Gasteiger partial charge in [-0.3, -0.25) is 4.79 Å². The summed E-state index contributed by atoms with van der Waals surface area (Å²) < 4.78 is 5.03. The highest BCUT2D eigenvalue weighted by molar-refractivity contribution is 5.91. The van der Waals surface area contributed by atoms with E-state index < -0.39 is 0 Å². The fourth-order valence-electron chi connectivity index (χ4n) is 3.62. The van der Waals surface area contributed by atoms with Crippen molar-refractivity contribution in [1.29, 1.82) is 0 Å². The Balaban J connectivity index is 1.61. The summed E-state index contributed by atoms with van der Waals surface area (Å²) in [7, 11) is 0. The van der Waals surface area contributed by atoms with E-state index in [9.17, 15) is 4.79 Å². The van der Waals surface area contributed by atoms with Crippen molar-refractivity contribution in [1.82, 2.24) is 15.8 Å². The molecule has 5 heteroatoms. The van der Waals surface area contributed by atoms with E-state index in [4.69, 9.17) is 4.52 Å². The average Bonchev–Trinajstić information content (AvgIpc) is 2.86. The van der Waals surface area contributed by atoms with Crippen molar-refractivity contribution in [2.24, 2.45) is 0 Å². The molecular weight excluding hydrogens is 254 g/mol. The van der Waals surface area contributed by atoms with Crippen LogP contribution in [0.1, 0.15) is 61.2 Å². The first-order valence-corrected chi connectivity index (χ1v) is 7.66. The van der Waals surface area contributed by atoms with Gasteiger partial charge in [-0.25, -0.2) is 0 Å². The predicted octanol–water partition coefficient (Wildman–Crippen LogP) is 2.17. The summed E-state index contributed by atoms with van der Waals surface area (Å²) in [5, 5.41) is 10.6. The van der Waals surface area contributed by atoms with Gasteiger partial charge in [0.25, 0.3) is 5.91 Å². The zero-order valence-corrected chi connectivity index (χ0v) is 12.1. The van der Waals surface area contributed by atoms with E-state index in [0.717, 1.165) is 25.1 Å². The molecule has 2 N–H and O–H groups in total. The highest BCUT2D eigenvalue weighted by Gasteiger charge is 2.37. The number of nitrogens with zero attached hydrogens (tertiary/aromatic N) is 1. The third-order valence-corrected chi connectivity index (χ3v) is 4.63. The topological polar surface area (TPSA) is 67.2 Å². The van der Waals surface area contributed by atoms with E-state index in [1.807, 2.05) is 6.92 Å². The fourth-order valence-corrected chi connectivity index (χ4v) is 3.62. The number of hydrogen-bond acceptors (Lipinski definition) is 4. The number of hydrogen-bond donors (Lipinski definition) is 2. The van der Waals surface area contributed by atoms with Crippen LogP contribution in [0.4, 0.5) is 0 Å². The molecular formula is C15H23N3O2. The molecule has 2 aliphatic rings. The SMILES string of the molecule is Cc1cc(C(=O)NC2CCNC3(CCCCC3)C2)on1. The molecule has 1 unspecified atom stereocenters. The second-order valence-corrected chi connectivity index (χ2v) is 6.26. The molecule has 2 heterocycles. The molecule has 1 spiro atoms. The first-order valence-electron chi connectivity index (χ1n) is 7.66. The van der Waals surface area contributed by atoms with Crippen LogP contribution in [0.25, 0.3) is 0 Å². The molecule has 0 aromatic carbocycles. The monoisotopic (exact) mass is 277 g/mol. The zero-order chi connectivity index (χ0) is 14.0. The van der Waals surface area contributed by atoms with E-state index in [-0.39, 0.29) is 17.5 Å². The molecule has 1 aliphatic heterocycles. The molecule has 1 aromatic heterocycles. The molecule has 110 valence electrons. The average molecular weight is 277 g/mol. The van der Waals surface area contributed by atoms with Gasteiger partial charge in [-0.1, -0.05) is 24.4 Å². The summed E-state index contributed by atoms with van der Waals surface area (Å²) in [6, 6.07) is 1.93. The Hall–Kier alpha value is -1.36. The molecule has 1 aliphatic carbocycles. The lowest BCUT2D eigenvalue weighted by Gasteiger charge is -2.44. The number of piperidine rings is 1. The molecule has 0 radical (unpaired) electrons. The van der Waals surface area contributed by atoms with Gasteiger partial charge in [-0.05, 0) is 39.2 Å². The number of aromatic nitrogens is 1. The number of rotatable bonds is 2. The van der Waals surface area contributed by atoms with Gasteiger partial charge in [0, 0.05) is 17.6 Å². The second-order valence-electron chi connectivity index (χ2n) is 6.26. The molecule has 1 amide bonds. The number of carbonyl (C=O) groups is 1. The van der Waals surface area contributed by atoms with E-state index >= 15 is 0 Å². The van der Waals surface area contributed by atoms with E-state index in [2.05, 4.69) is 15.8 Å². The van der Waals surface area contributed by atoms with Crippen molar-refractivity contribution in [3.05, 3.63) is 17.5 Å². The van der Waals surface area contributed by atoms with Gasteiger partial charge in [0.15, 0.2) is 0 Å². The first kappa shape index (κ1) is 13.6. The van der Waals surface area contributed by atoms with Gasteiger partial charge in [0.1, 0.15) is 0 Å². The normalized spacial score (nSPS) is 25.6. The number of nitrogens with one attached hydrogen (secondary N) is 2. The summed E-state index contributed by atoms with van der Waals surface area (Å²) in [5.41, 5.74) is 0.996. The minimum Gasteiger partial charge on any atom is -0.351 e. The van der Waals surface area contributed by atoms with Crippen molar-refractivity contribution in [2.45, 2.75) is 63.5 Å². The Labute approximate surface area is 119 Å². The maximum Gasteiger partial charge on any atom is 0.290 e. The number of aryl methyl sites for hydroxylation is 1. The summed E-state index contributed by atoms with van der Waals surface area (Å²) in [6.07, 6.45) is 8.44. The largest absolute Gasteiger partial charge is 0.351 e. The van der Waals surface area contributed by atoms with Crippen molar-refractivity contribution < 1.29 is 9.32 Å². The Morgan fingerprint density at radius 2 is 2.25 bits per heavy atom. The predicted molar refractivity (Wildman–Crippen MR) is 75.5 cm³/mol. The summed E-state index contributed by atoms with van der Waals surface area (Å²) in [4.78, 5) is 12.1. The Kier molecular flexibility index (Phi) is 3.78. The summed E-state index contributed by atoms with van der Waals surface area (Å²) in [6.45, 7) is 2.81. The molecule has 1 saturated heterocycles. The Morgan fingerprint density at radius 1 is 1.45 bits per heavy atom. The van der Waals surface area contributed by atoms with Gasteiger partial charge in [-0.15, -0.1) is 0 Å². The maximum absolute atomic E-state index is 12.1. The summed E-state index contributed by atoms with van der Waals surface area (Å²) >= 11 is 0. The Morgan fingerprint density at radius 3 is 2.95 bits per heavy atom. The van der Waals surface area contributed by atoms with Crippen molar-refractivity contribution in [2.75, 3.05) is 6.54 Å². The molecule has 20 heavy (non-hydrogen) atoms. The lowest BCUT2D eigenvalue weighted by atomic mass is 9.75. The standard InChI is InChI=1S/C15H23N3O2/c1-11-9-13(20-18-11)14(19)17-12-5-8-16-15(10-12)6-3-2-4-7-15/h9,12,16H,2-8,10H2,1H3,(H,17,19). The van der Waals surface area contributed by atoms with Crippen LogP contribution in [0, 0.1) is 6.92 Å². The van der Waals surface area contributed by atoms with Gasteiger partial charge < -0.3 is 15.2 Å².